The number of amides is 2. The van der Waals surface area contributed by atoms with Crippen LogP contribution in [0.2, 0.25) is 0 Å². The van der Waals surface area contributed by atoms with Crippen LogP contribution in [-0.4, -0.2) is 16.8 Å². The van der Waals surface area contributed by atoms with Crippen LogP contribution >= 0.6 is 0 Å². The van der Waals surface area contributed by atoms with Crippen LogP contribution in [0.4, 0.5) is 24.5 Å². The fourth-order valence-electron chi connectivity index (χ4n) is 3.62. The maximum Gasteiger partial charge on any atom is 0.416 e. The maximum absolute atomic E-state index is 13.0. The van der Waals surface area contributed by atoms with Gasteiger partial charge in [0.1, 0.15) is 0 Å². The fourth-order valence-corrected chi connectivity index (χ4v) is 3.62. The van der Waals surface area contributed by atoms with E-state index in [1.54, 1.807) is 54.7 Å². The number of aryl methyl sites for hydroxylation is 1. The number of hydrogen-bond donors (Lipinski definition) is 2. The number of aromatic nitrogens is 1. The summed E-state index contributed by atoms with van der Waals surface area (Å²) in [7, 11) is 0. The van der Waals surface area contributed by atoms with Crippen LogP contribution in [0.25, 0.3) is 11.1 Å². The van der Waals surface area contributed by atoms with Crippen molar-refractivity contribution >= 4 is 23.2 Å². The van der Waals surface area contributed by atoms with E-state index < -0.39 is 17.6 Å². The lowest BCUT2D eigenvalue weighted by Crippen LogP contribution is -2.14. The van der Waals surface area contributed by atoms with Gasteiger partial charge in [0.05, 0.1) is 5.56 Å². The van der Waals surface area contributed by atoms with Gasteiger partial charge in [-0.2, -0.15) is 13.2 Å². The van der Waals surface area contributed by atoms with Gasteiger partial charge in [0.15, 0.2) is 0 Å². The number of nitrogens with zero attached hydrogens (tertiary/aromatic N) is 1. The van der Waals surface area contributed by atoms with Crippen molar-refractivity contribution in [3.8, 4) is 11.1 Å². The van der Waals surface area contributed by atoms with Gasteiger partial charge < -0.3 is 10.6 Å². The Morgan fingerprint density at radius 3 is 2.03 bits per heavy atom. The van der Waals surface area contributed by atoms with Crippen molar-refractivity contribution in [2.75, 3.05) is 10.6 Å². The molecule has 0 radical (unpaired) electrons. The molecular weight excluding hydrogens is 467 g/mol. The number of hydrogen-bond acceptors (Lipinski definition) is 3. The predicted octanol–water partition coefficient (Wildman–Crippen LogP) is 6.59. The minimum Gasteiger partial charge on any atom is -0.326 e. The van der Waals surface area contributed by atoms with Gasteiger partial charge in [-0.05, 0) is 72.1 Å². The molecule has 0 aliphatic rings. The normalized spacial score (nSPS) is 11.1. The fraction of sp³-hybridized carbons (Fsp3) is 0.107. The Bertz CT molecular complexity index is 1340. The number of pyridine rings is 1. The van der Waals surface area contributed by atoms with Crippen LogP contribution < -0.4 is 10.6 Å². The van der Waals surface area contributed by atoms with E-state index in [-0.39, 0.29) is 12.3 Å². The quantitative estimate of drug-likeness (QED) is 0.308. The Morgan fingerprint density at radius 1 is 0.750 bits per heavy atom. The Balaban J connectivity index is 1.39. The molecule has 0 aliphatic carbocycles. The summed E-state index contributed by atoms with van der Waals surface area (Å²) in [5.74, 6) is -0.555. The second kappa shape index (κ2) is 10.9. The molecule has 1 heterocycles. The molecule has 3 aromatic carbocycles. The Hall–Kier alpha value is -4.46. The van der Waals surface area contributed by atoms with Crippen LogP contribution in [0.3, 0.4) is 0 Å². The summed E-state index contributed by atoms with van der Waals surface area (Å²) in [6, 6.07) is 23.6. The molecule has 0 atom stereocenters. The second-order valence-electron chi connectivity index (χ2n) is 8.02. The van der Waals surface area contributed by atoms with E-state index >= 15 is 0 Å². The van der Waals surface area contributed by atoms with Gasteiger partial charge in [0, 0.05) is 35.2 Å². The highest BCUT2D eigenvalue weighted by atomic mass is 19.4. The third-order valence-electron chi connectivity index (χ3n) is 5.46. The minimum atomic E-state index is -4.43. The van der Waals surface area contributed by atoms with E-state index in [0.717, 1.165) is 17.8 Å². The average Bonchev–Trinajstić information content (AvgIpc) is 2.89. The first-order chi connectivity index (χ1) is 17.3. The molecule has 0 spiro atoms. The Morgan fingerprint density at radius 2 is 1.39 bits per heavy atom. The van der Waals surface area contributed by atoms with E-state index in [1.807, 2.05) is 18.2 Å². The predicted molar refractivity (Wildman–Crippen MR) is 132 cm³/mol. The molecule has 0 saturated heterocycles. The van der Waals surface area contributed by atoms with Crippen molar-refractivity contribution in [1.82, 2.24) is 4.98 Å². The highest BCUT2D eigenvalue weighted by Crippen LogP contribution is 2.32. The summed E-state index contributed by atoms with van der Waals surface area (Å²) >= 11 is 0. The molecule has 0 bridgehead atoms. The second-order valence-corrected chi connectivity index (χ2v) is 8.02. The van der Waals surface area contributed by atoms with Crippen molar-refractivity contribution in [3.63, 3.8) is 0 Å². The maximum atomic E-state index is 13.0. The lowest BCUT2D eigenvalue weighted by molar-refractivity contribution is -0.137. The zero-order chi connectivity index (χ0) is 25.5. The molecule has 4 rings (SSSR count). The molecule has 2 N–H and O–H groups in total. The smallest absolute Gasteiger partial charge is 0.326 e. The van der Waals surface area contributed by atoms with E-state index in [0.29, 0.717) is 34.5 Å². The van der Waals surface area contributed by atoms with Crippen molar-refractivity contribution in [2.45, 2.75) is 19.0 Å². The summed E-state index contributed by atoms with van der Waals surface area (Å²) in [6.07, 6.45) is -1.93. The molecular formula is C28H22F3N3O2. The Kier molecular flexibility index (Phi) is 7.44. The summed E-state index contributed by atoms with van der Waals surface area (Å²) in [5.41, 5.74) is 2.51. The van der Waals surface area contributed by atoms with Gasteiger partial charge in [-0.3, -0.25) is 14.6 Å². The number of nitrogens with one attached hydrogen (secondary N) is 2. The molecule has 5 nitrogen and oxygen atoms in total. The topological polar surface area (TPSA) is 71.1 Å². The average molecular weight is 489 g/mol. The minimum absolute atomic E-state index is 0.150. The molecule has 182 valence electrons. The molecule has 1 aromatic heterocycles. The van der Waals surface area contributed by atoms with Crippen LogP contribution in [-0.2, 0) is 17.4 Å². The zero-order valence-corrected chi connectivity index (χ0v) is 19.0. The number of anilines is 2. The van der Waals surface area contributed by atoms with E-state index in [9.17, 15) is 22.8 Å². The molecule has 36 heavy (non-hydrogen) atoms. The molecule has 4 aromatic rings. The number of benzene rings is 3. The highest BCUT2D eigenvalue weighted by molar-refractivity contribution is 6.08. The summed E-state index contributed by atoms with van der Waals surface area (Å²) in [4.78, 5) is 29.4. The van der Waals surface area contributed by atoms with Crippen molar-refractivity contribution in [3.05, 3.63) is 114 Å². The van der Waals surface area contributed by atoms with Crippen LogP contribution in [0.5, 0.6) is 0 Å². The standard InChI is InChI=1S/C28H22F3N3O2/c29-28(30,31)20-10-8-19(9-11-20)24-6-1-2-7-25(24)27(36)34-23-14-12-22(13-15-23)33-26(35)17-16-21-5-3-4-18-32-21/h1-15,18H,16-17H2,(H,33,35)(H,34,36). The van der Waals surface area contributed by atoms with E-state index in [2.05, 4.69) is 15.6 Å². The van der Waals surface area contributed by atoms with Gasteiger partial charge in [0.2, 0.25) is 5.91 Å². The third-order valence-corrected chi connectivity index (χ3v) is 5.46. The summed E-state index contributed by atoms with van der Waals surface area (Å²) in [5, 5.41) is 5.60. The highest BCUT2D eigenvalue weighted by Gasteiger charge is 2.30. The molecule has 0 fully saturated rings. The molecule has 8 heteroatoms. The lowest BCUT2D eigenvalue weighted by Gasteiger charge is -2.12. The van der Waals surface area contributed by atoms with Crippen LogP contribution in [0, 0.1) is 0 Å². The van der Waals surface area contributed by atoms with Gasteiger partial charge in [-0.25, -0.2) is 0 Å². The number of halogens is 3. The van der Waals surface area contributed by atoms with E-state index in [4.69, 9.17) is 0 Å². The SMILES string of the molecule is O=C(CCc1ccccn1)Nc1ccc(NC(=O)c2ccccc2-c2ccc(C(F)(F)F)cc2)cc1. The zero-order valence-electron chi connectivity index (χ0n) is 19.0. The number of rotatable bonds is 7. The third kappa shape index (κ3) is 6.35. The van der Waals surface area contributed by atoms with Gasteiger partial charge in [-0.1, -0.05) is 36.4 Å². The first-order valence-electron chi connectivity index (χ1n) is 11.2. The number of alkyl halides is 3. The van der Waals surface area contributed by atoms with Gasteiger partial charge in [0.25, 0.3) is 5.91 Å². The summed E-state index contributed by atoms with van der Waals surface area (Å²) in [6.45, 7) is 0. The van der Waals surface area contributed by atoms with Gasteiger partial charge >= 0.3 is 6.18 Å². The van der Waals surface area contributed by atoms with E-state index in [1.165, 1.54) is 12.1 Å². The lowest BCUT2D eigenvalue weighted by atomic mass is 9.98. The number of carbonyl (C=O) groups is 2. The van der Waals surface area contributed by atoms with Crippen molar-refractivity contribution in [1.29, 1.82) is 0 Å². The van der Waals surface area contributed by atoms with Crippen molar-refractivity contribution < 1.29 is 22.8 Å². The first kappa shape index (κ1) is 24.7. The van der Waals surface area contributed by atoms with Crippen LogP contribution in [0.1, 0.15) is 28.0 Å². The molecule has 0 unspecified atom stereocenters. The Labute approximate surface area is 206 Å². The van der Waals surface area contributed by atoms with Crippen molar-refractivity contribution in [2.24, 2.45) is 0 Å². The van der Waals surface area contributed by atoms with Gasteiger partial charge in [-0.15, -0.1) is 0 Å². The number of carbonyl (C=O) groups excluding carboxylic acids is 2. The molecule has 2 amide bonds. The first-order valence-corrected chi connectivity index (χ1v) is 11.2. The molecule has 0 saturated carbocycles. The largest absolute Gasteiger partial charge is 0.416 e. The molecule has 0 aliphatic heterocycles. The summed E-state index contributed by atoms with van der Waals surface area (Å²) < 4.78 is 38.7. The monoisotopic (exact) mass is 489 g/mol. The van der Waals surface area contributed by atoms with Crippen LogP contribution in [0.15, 0.2) is 97.2 Å².